The number of hydrogen-bond acceptors (Lipinski definition) is 3. The Bertz CT molecular complexity index is 617. The molecule has 1 heterocycles. The standard InChI is InChI=1S/C13H13ClN2O2/c1-2-18-13(17)12-15-10-6-3-8(14)7-11(10)16(12)9-4-5-9/h3,6-7,9H,2,4-5H2,1H3. The summed E-state index contributed by atoms with van der Waals surface area (Å²) in [5.74, 6) is 0.0216. The lowest BCUT2D eigenvalue weighted by Gasteiger charge is -2.06. The van der Waals surface area contributed by atoms with E-state index in [2.05, 4.69) is 4.98 Å². The third-order valence-corrected chi connectivity index (χ3v) is 3.26. The number of hydrogen-bond donors (Lipinski definition) is 0. The van der Waals surface area contributed by atoms with Gasteiger partial charge in [-0.3, -0.25) is 0 Å². The van der Waals surface area contributed by atoms with E-state index in [1.807, 2.05) is 16.7 Å². The molecule has 3 rings (SSSR count). The number of carbonyl (C=O) groups is 1. The van der Waals surface area contributed by atoms with Crippen molar-refractivity contribution < 1.29 is 9.53 Å². The van der Waals surface area contributed by atoms with Gasteiger partial charge in [0.2, 0.25) is 5.82 Å². The van der Waals surface area contributed by atoms with Gasteiger partial charge >= 0.3 is 5.97 Å². The zero-order valence-corrected chi connectivity index (χ0v) is 10.8. The molecule has 0 spiro atoms. The predicted octanol–water partition coefficient (Wildman–Crippen LogP) is 3.20. The molecular formula is C13H13ClN2O2. The van der Waals surface area contributed by atoms with Crippen molar-refractivity contribution in [2.45, 2.75) is 25.8 Å². The van der Waals surface area contributed by atoms with Crippen LogP contribution < -0.4 is 0 Å². The van der Waals surface area contributed by atoms with Gasteiger partial charge in [-0.1, -0.05) is 11.6 Å². The van der Waals surface area contributed by atoms with Crippen molar-refractivity contribution in [1.29, 1.82) is 0 Å². The highest BCUT2D eigenvalue weighted by atomic mass is 35.5. The van der Waals surface area contributed by atoms with Crippen molar-refractivity contribution in [2.24, 2.45) is 0 Å². The van der Waals surface area contributed by atoms with Crippen LogP contribution in [0.25, 0.3) is 11.0 Å². The molecule has 4 nitrogen and oxygen atoms in total. The van der Waals surface area contributed by atoms with Gasteiger partial charge in [0.25, 0.3) is 0 Å². The number of aromatic nitrogens is 2. The largest absolute Gasteiger partial charge is 0.460 e. The van der Waals surface area contributed by atoms with Gasteiger partial charge in [0, 0.05) is 11.1 Å². The van der Waals surface area contributed by atoms with Crippen LogP contribution >= 0.6 is 11.6 Å². The summed E-state index contributed by atoms with van der Waals surface area (Å²) in [4.78, 5) is 16.3. The molecule has 0 unspecified atom stereocenters. The zero-order valence-electron chi connectivity index (χ0n) is 10.0. The van der Waals surface area contributed by atoms with Crippen molar-refractivity contribution >= 4 is 28.6 Å². The van der Waals surface area contributed by atoms with E-state index in [9.17, 15) is 4.79 Å². The molecule has 0 radical (unpaired) electrons. The second-order valence-corrected chi connectivity index (χ2v) is 4.83. The summed E-state index contributed by atoms with van der Waals surface area (Å²) in [6.07, 6.45) is 2.15. The molecule has 0 saturated heterocycles. The molecule has 0 bridgehead atoms. The molecular weight excluding hydrogens is 252 g/mol. The number of carbonyl (C=O) groups excluding carboxylic acids is 1. The Morgan fingerprint density at radius 2 is 2.33 bits per heavy atom. The van der Waals surface area contributed by atoms with Crippen LogP contribution in [-0.2, 0) is 4.74 Å². The third-order valence-electron chi connectivity index (χ3n) is 3.02. The number of fused-ring (bicyclic) bond motifs is 1. The lowest BCUT2D eigenvalue weighted by molar-refractivity contribution is 0.0507. The average molecular weight is 265 g/mol. The van der Waals surface area contributed by atoms with Crippen LogP contribution in [-0.4, -0.2) is 22.1 Å². The minimum atomic E-state index is -0.364. The van der Waals surface area contributed by atoms with Crippen LogP contribution in [0.5, 0.6) is 0 Å². The lowest BCUT2D eigenvalue weighted by Crippen LogP contribution is -2.12. The number of imidazole rings is 1. The summed E-state index contributed by atoms with van der Waals surface area (Å²) in [6, 6.07) is 5.82. The fourth-order valence-electron chi connectivity index (χ4n) is 2.11. The fraction of sp³-hybridized carbons (Fsp3) is 0.385. The van der Waals surface area contributed by atoms with Gasteiger partial charge in [-0.2, -0.15) is 0 Å². The molecule has 5 heteroatoms. The van der Waals surface area contributed by atoms with Crippen molar-refractivity contribution in [2.75, 3.05) is 6.61 Å². The topological polar surface area (TPSA) is 44.1 Å². The molecule has 18 heavy (non-hydrogen) atoms. The summed E-state index contributed by atoms with van der Waals surface area (Å²) >= 11 is 6.01. The van der Waals surface area contributed by atoms with E-state index in [1.165, 1.54) is 0 Å². The highest BCUT2D eigenvalue weighted by Crippen LogP contribution is 2.39. The maximum Gasteiger partial charge on any atom is 0.374 e. The van der Waals surface area contributed by atoms with Crippen LogP contribution in [0.4, 0.5) is 0 Å². The molecule has 0 atom stereocenters. The number of nitrogens with zero attached hydrogens (tertiary/aromatic N) is 2. The Labute approximate surface area is 110 Å². The Balaban J connectivity index is 2.18. The molecule has 0 aliphatic heterocycles. The van der Waals surface area contributed by atoms with E-state index in [0.717, 1.165) is 23.9 Å². The number of rotatable bonds is 3. The van der Waals surface area contributed by atoms with Crippen molar-refractivity contribution in [3.63, 3.8) is 0 Å². The van der Waals surface area contributed by atoms with Gasteiger partial charge in [-0.05, 0) is 38.0 Å². The molecule has 0 N–H and O–H groups in total. The predicted molar refractivity (Wildman–Crippen MR) is 69.0 cm³/mol. The normalized spacial score (nSPS) is 15.0. The summed E-state index contributed by atoms with van der Waals surface area (Å²) in [5.41, 5.74) is 1.70. The second kappa shape index (κ2) is 4.28. The van der Waals surface area contributed by atoms with E-state index in [-0.39, 0.29) is 5.97 Å². The second-order valence-electron chi connectivity index (χ2n) is 4.39. The van der Waals surface area contributed by atoms with Gasteiger partial charge in [0.15, 0.2) is 0 Å². The molecule has 0 amide bonds. The minimum Gasteiger partial charge on any atom is -0.460 e. The van der Waals surface area contributed by atoms with Crippen LogP contribution in [0.1, 0.15) is 36.4 Å². The minimum absolute atomic E-state index is 0.355. The first-order chi connectivity index (χ1) is 8.70. The highest BCUT2D eigenvalue weighted by Gasteiger charge is 2.31. The molecule has 1 aliphatic carbocycles. The lowest BCUT2D eigenvalue weighted by atomic mass is 10.3. The van der Waals surface area contributed by atoms with Crippen LogP contribution in [0.2, 0.25) is 5.02 Å². The quantitative estimate of drug-likeness (QED) is 0.800. The zero-order chi connectivity index (χ0) is 12.7. The average Bonchev–Trinajstić information content (AvgIpc) is 3.10. The summed E-state index contributed by atoms with van der Waals surface area (Å²) < 4.78 is 7.01. The van der Waals surface area contributed by atoms with Crippen LogP contribution in [0.15, 0.2) is 18.2 Å². The summed E-state index contributed by atoms with van der Waals surface area (Å²) in [6.45, 7) is 2.15. The van der Waals surface area contributed by atoms with Gasteiger partial charge in [0.1, 0.15) is 0 Å². The molecule has 1 aromatic heterocycles. The van der Waals surface area contributed by atoms with Gasteiger partial charge in [-0.15, -0.1) is 0 Å². The number of halogens is 1. The van der Waals surface area contributed by atoms with Gasteiger partial charge in [-0.25, -0.2) is 9.78 Å². The molecule has 1 saturated carbocycles. The number of benzene rings is 1. The highest BCUT2D eigenvalue weighted by molar-refractivity contribution is 6.31. The van der Waals surface area contributed by atoms with Crippen LogP contribution in [0.3, 0.4) is 0 Å². The number of ether oxygens (including phenoxy) is 1. The van der Waals surface area contributed by atoms with Crippen molar-refractivity contribution in [3.05, 3.63) is 29.0 Å². The van der Waals surface area contributed by atoms with E-state index >= 15 is 0 Å². The first kappa shape index (κ1) is 11.5. The number of esters is 1. The monoisotopic (exact) mass is 264 g/mol. The molecule has 1 fully saturated rings. The Morgan fingerprint density at radius 3 is 3.00 bits per heavy atom. The molecule has 94 valence electrons. The van der Waals surface area contributed by atoms with Gasteiger partial charge in [0.05, 0.1) is 17.6 Å². The van der Waals surface area contributed by atoms with E-state index in [4.69, 9.17) is 16.3 Å². The first-order valence-electron chi connectivity index (χ1n) is 6.05. The Morgan fingerprint density at radius 1 is 1.56 bits per heavy atom. The summed E-state index contributed by atoms with van der Waals surface area (Å²) in [5, 5.41) is 0.653. The Kier molecular flexibility index (Phi) is 2.74. The molecule has 2 aromatic rings. The summed E-state index contributed by atoms with van der Waals surface area (Å²) in [7, 11) is 0. The van der Waals surface area contributed by atoms with Crippen molar-refractivity contribution in [3.8, 4) is 0 Å². The van der Waals surface area contributed by atoms with E-state index in [0.29, 0.717) is 23.5 Å². The molecule has 1 aliphatic rings. The first-order valence-corrected chi connectivity index (χ1v) is 6.43. The maximum absolute atomic E-state index is 11.9. The van der Waals surface area contributed by atoms with Crippen LogP contribution in [0, 0.1) is 0 Å². The van der Waals surface area contributed by atoms with E-state index < -0.39 is 0 Å². The third kappa shape index (κ3) is 1.86. The fourth-order valence-corrected chi connectivity index (χ4v) is 2.27. The smallest absolute Gasteiger partial charge is 0.374 e. The van der Waals surface area contributed by atoms with Crippen molar-refractivity contribution in [1.82, 2.24) is 9.55 Å². The van der Waals surface area contributed by atoms with Gasteiger partial charge < -0.3 is 9.30 Å². The SMILES string of the molecule is CCOC(=O)c1nc2ccc(Cl)cc2n1C1CC1. The molecule has 1 aromatic carbocycles. The Hall–Kier alpha value is -1.55. The maximum atomic E-state index is 11.9. The van der Waals surface area contributed by atoms with E-state index in [1.54, 1.807) is 13.0 Å².